The molecule has 0 aliphatic heterocycles. The van der Waals surface area contributed by atoms with Crippen molar-refractivity contribution in [2.75, 3.05) is 7.11 Å². The van der Waals surface area contributed by atoms with Crippen LogP contribution in [0.15, 0.2) is 10.8 Å². The van der Waals surface area contributed by atoms with Crippen LogP contribution >= 0.6 is 0 Å². The molecule has 0 spiro atoms. The SMILES string of the molecule is COC(=O)NCc1ocnc1C. The van der Waals surface area contributed by atoms with Crippen molar-refractivity contribution in [1.29, 1.82) is 0 Å². The summed E-state index contributed by atoms with van der Waals surface area (Å²) in [5, 5.41) is 2.48. The fraction of sp³-hybridized carbons (Fsp3) is 0.429. The van der Waals surface area contributed by atoms with E-state index in [1.165, 1.54) is 13.5 Å². The number of alkyl carbamates (subject to hydrolysis) is 1. The standard InChI is InChI=1S/C7H10N2O3/c1-5-6(12-4-9-5)3-8-7(10)11-2/h4H,3H2,1-2H3,(H,8,10). The molecule has 1 heterocycles. The third-order valence-corrected chi connectivity index (χ3v) is 1.42. The van der Waals surface area contributed by atoms with E-state index in [-0.39, 0.29) is 0 Å². The van der Waals surface area contributed by atoms with Crippen molar-refractivity contribution >= 4 is 6.09 Å². The Kier molecular flexibility index (Phi) is 2.68. The lowest BCUT2D eigenvalue weighted by molar-refractivity contribution is 0.169. The van der Waals surface area contributed by atoms with Crippen LogP contribution in [0.4, 0.5) is 4.79 Å². The number of nitrogens with zero attached hydrogens (tertiary/aromatic N) is 1. The van der Waals surface area contributed by atoms with Gasteiger partial charge in [0.2, 0.25) is 0 Å². The van der Waals surface area contributed by atoms with E-state index in [1.54, 1.807) is 6.92 Å². The van der Waals surface area contributed by atoms with Crippen LogP contribution < -0.4 is 5.32 Å². The van der Waals surface area contributed by atoms with Crippen LogP contribution in [-0.4, -0.2) is 18.2 Å². The second kappa shape index (κ2) is 3.75. The average molecular weight is 170 g/mol. The minimum absolute atomic E-state index is 0.304. The van der Waals surface area contributed by atoms with Gasteiger partial charge >= 0.3 is 6.09 Å². The molecule has 66 valence electrons. The van der Waals surface area contributed by atoms with E-state index >= 15 is 0 Å². The molecular weight excluding hydrogens is 160 g/mol. The lowest BCUT2D eigenvalue weighted by Gasteiger charge is -2.00. The van der Waals surface area contributed by atoms with E-state index in [0.29, 0.717) is 12.3 Å². The van der Waals surface area contributed by atoms with Gasteiger partial charge in [-0.3, -0.25) is 0 Å². The fourth-order valence-corrected chi connectivity index (χ4v) is 0.721. The first-order valence-electron chi connectivity index (χ1n) is 3.45. The molecule has 5 heteroatoms. The van der Waals surface area contributed by atoms with Crippen LogP contribution in [0.2, 0.25) is 0 Å². The molecule has 1 amide bonds. The molecule has 0 atom stereocenters. The maximum absolute atomic E-state index is 10.6. The molecule has 0 bridgehead atoms. The van der Waals surface area contributed by atoms with Crippen LogP contribution in [0.3, 0.4) is 0 Å². The number of carbonyl (C=O) groups is 1. The summed E-state index contributed by atoms with van der Waals surface area (Å²) in [5.41, 5.74) is 0.770. The molecular formula is C7H10N2O3. The molecule has 0 fully saturated rings. The Morgan fingerprint density at radius 3 is 3.08 bits per heavy atom. The summed E-state index contributed by atoms with van der Waals surface area (Å²) in [4.78, 5) is 14.5. The van der Waals surface area contributed by atoms with Gasteiger partial charge in [0.05, 0.1) is 19.3 Å². The first kappa shape index (κ1) is 8.58. The summed E-state index contributed by atoms with van der Waals surface area (Å²) in [7, 11) is 1.31. The fourth-order valence-electron chi connectivity index (χ4n) is 0.721. The molecule has 0 radical (unpaired) electrons. The highest BCUT2D eigenvalue weighted by molar-refractivity contribution is 5.66. The summed E-state index contributed by atoms with van der Waals surface area (Å²) in [5.74, 6) is 0.639. The average Bonchev–Trinajstić information content (AvgIpc) is 2.47. The molecule has 12 heavy (non-hydrogen) atoms. The molecule has 1 N–H and O–H groups in total. The molecule has 5 nitrogen and oxygen atoms in total. The van der Waals surface area contributed by atoms with Crippen LogP contribution in [-0.2, 0) is 11.3 Å². The molecule has 0 saturated heterocycles. The molecule has 1 aromatic heterocycles. The van der Waals surface area contributed by atoms with Crippen molar-refractivity contribution in [3.05, 3.63) is 17.8 Å². The van der Waals surface area contributed by atoms with Crippen LogP contribution in [0, 0.1) is 6.92 Å². The van der Waals surface area contributed by atoms with Gasteiger partial charge in [0.1, 0.15) is 5.76 Å². The summed E-state index contributed by atoms with van der Waals surface area (Å²) in [6.07, 6.45) is 0.856. The van der Waals surface area contributed by atoms with Gasteiger partial charge < -0.3 is 14.5 Å². The number of hydrogen-bond donors (Lipinski definition) is 1. The number of carbonyl (C=O) groups excluding carboxylic acids is 1. The molecule has 0 aliphatic rings. The number of amides is 1. The Bertz CT molecular complexity index is 269. The van der Waals surface area contributed by atoms with Crippen molar-refractivity contribution in [2.24, 2.45) is 0 Å². The van der Waals surface area contributed by atoms with Gasteiger partial charge in [0, 0.05) is 0 Å². The normalized spacial score (nSPS) is 9.50. The third-order valence-electron chi connectivity index (χ3n) is 1.42. The molecule has 0 unspecified atom stereocenters. The van der Waals surface area contributed by atoms with Gasteiger partial charge in [0.25, 0.3) is 0 Å². The van der Waals surface area contributed by atoms with Gasteiger partial charge in [-0.05, 0) is 6.92 Å². The highest BCUT2D eigenvalue weighted by Crippen LogP contribution is 2.03. The van der Waals surface area contributed by atoms with Gasteiger partial charge in [-0.2, -0.15) is 0 Å². The lowest BCUT2D eigenvalue weighted by atomic mass is 10.4. The van der Waals surface area contributed by atoms with Crippen LogP contribution in [0.5, 0.6) is 0 Å². The minimum atomic E-state index is -0.481. The summed E-state index contributed by atoms with van der Waals surface area (Å²) in [6, 6.07) is 0. The van der Waals surface area contributed by atoms with Crippen molar-refractivity contribution in [2.45, 2.75) is 13.5 Å². The Hall–Kier alpha value is -1.52. The number of nitrogens with one attached hydrogen (secondary N) is 1. The zero-order chi connectivity index (χ0) is 8.97. The number of aryl methyl sites for hydroxylation is 1. The van der Waals surface area contributed by atoms with E-state index in [0.717, 1.165) is 5.69 Å². The maximum atomic E-state index is 10.6. The third kappa shape index (κ3) is 1.98. The van der Waals surface area contributed by atoms with Crippen molar-refractivity contribution < 1.29 is 13.9 Å². The van der Waals surface area contributed by atoms with E-state index in [2.05, 4.69) is 15.0 Å². The van der Waals surface area contributed by atoms with E-state index in [1.807, 2.05) is 0 Å². The highest BCUT2D eigenvalue weighted by Gasteiger charge is 2.04. The number of hydrogen-bond acceptors (Lipinski definition) is 4. The van der Waals surface area contributed by atoms with Crippen molar-refractivity contribution in [3.63, 3.8) is 0 Å². The predicted molar refractivity (Wildman–Crippen MR) is 40.5 cm³/mol. The minimum Gasteiger partial charge on any atom is -0.453 e. The monoisotopic (exact) mass is 170 g/mol. The Labute approximate surface area is 69.7 Å². The molecule has 0 aliphatic carbocycles. The van der Waals surface area contributed by atoms with Crippen LogP contribution in [0.1, 0.15) is 11.5 Å². The summed E-state index contributed by atoms with van der Waals surface area (Å²) < 4.78 is 9.35. The van der Waals surface area contributed by atoms with Gasteiger partial charge in [-0.1, -0.05) is 0 Å². The second-order valence-corrected chi connectivity index (χ2v) is 2.21. The molecule has 0 saturated carbocycles. The number of ether oxygens (including phenoxy) is 1. The first-order valence-corrected chi connectivity index (χ1v) is 3.45. The largest absolute Gasteiger partial charge is 0.453 e. The zero-order valence-electron chi connectivity index (χ0n) is 6.96. The predicted octanol–water partition coefficient (Wildman–Crippen LogP) is 0.839. The number of oxazole rings is 1. The number of rotatable bonds is 2. The Morgan fingerprint density at radius 2 is 2.58 bits per heavy atom. The lowest BCUT2D eigenvalue weighted by Crippen LogP contribution is -2.22. The van der Waals surface area contributed by atoms with Gasteiger partial charge in [-0.15, -0.1) is 0 Å². The van der Waals surface area contributed by atoms with Gasteiger partial charge in [0.15, 0.2) is 6.39 Å². The quantitative estimate of drug-likeness (QED) is 0.714. The van der Waals surface area contributed by atoms with E-state index in [4.69, 9.17) is 4.42 Å². The van der Waals surface area contributed by atoms with E-state index in [9.17, 15) is 4.79 Å². The van der Waals surface area contributed by atoms with E-state index < -0.39 is 6.09 Å². The molecule has 1 aromatic rings. The topological polar surface area (TPSA) is 64.4 Å². The van der Waals surface area contributed by atoms with Crippen molar-refractivity contribution in [3.8, 4) is 0 Å². The first-order chi connectivity index (χ1) is 5.74. The summed E-state index contributed by atoms with van der Waals surface area (Å²) in [6.45, 7) is 2.11. The summed E-state index contributed by atoms with van der Waals surface area (Å²) >= 11 is 0. The second-order valence-electron chi connectivity index (χ2n) is 2.21. The van der Waals surface area contributed by atoms with Gasteiger partial charge in [-0.25, -0.2) is 9.78 Å². The smallest absolute Gasteiger partial charge is 0.407 e. The van der Waals surface area contributed by atoms with Crippen LogP contribution in [0.25, 0.3) is 0 Å². The zero-order valence-corrected chi connectivity index (χ0v) is 6.96. The Balaban J connectivity index is 2.43. The maximum Gasteiger partial charge on any atom is 0.407 e. The number of methoxy groups -OCH3 is 1. The number of aromatic nitrogens is 1. The molecule has 0 aromatic carbocycles. The molecule has 1 rings (SSSR count). The highest BCUT2D eigenvalue weighted by atomic mass is 16.5. The Morgan fingerprint density at radius 1 is 1.83 bits per heavy atom. The van der Waals surface area contributed by atoms with Crippen molar-refractivity contribution in [1.82, 2.24) is 10.3 Å².